The summed E-state index contributed by atoms with van der Waals surface area (Å²) in [6.07, 6.45) is 0. The van der Waals surface area contributed by atoms with Crippen molar-refractivity contribution in [2.24, 2.45) is 0 Å². The lowest BCUT2D eigenvalue weighted by molar-refractivity contribution is 0.0596. The van der Waals surface area contributed by atoms with Gasteiger partial charge in [0.15, 0.2) is 0 Å². The molecule has 0 amide bonds. The van der Waals surface area contributed by atoms with Gasteiger partial charge in [0, 0.05) is 4.90 Å². The summed E-state index contributed by atoms with van der Waals surface area (Å²) in [4.78, 5) is 11.7. The highest BCUT2D eigenvalue weighted by atomic mass is 32.1. The first-order valence-corrected chi connectivity index (χ1v) is 4.37. The Morgan fingerprint density at radius 1 is 1.57 bits per heavy atom. The van der Waals surface area contributed by atoms with Crippen LogP contribution in [-0.4, -0.2) is 13.1 Å². The van der Waals surface area contributed by atoms with Gasteiger partial charge in [0.05, 0.1) is 18.2 Å². The molecule has 1 aromatic rings. The molecule has 3 nitrogen and oxygen atoms in total. The van der Waals surface area contributed by atoms with Gasteiger partial charge in [0.2, 0.25) is 0 Å². The molecule has 0 spiro atoms. The van der Waals surface area contributed by atoms with E-state index in [1.165, 1.54) is 7.11 Å². The van der Waals surface area contributed by atoms with Crippen molar-refractivity contribution < 1.29 is 9.53 Å². The minimum atomic E-state index is -0.468. The number of benzene rings is 1. The number of hydrogen-bond acceptors (Lipinski definition) is 4. The van der Waals surface area contributed by atoms with Gasteiger partial charge in [0.25, 0.3) is 0 Å². The molecule has 0 heterocycles. The van der Waals surface area contributed by atoms with Crippen LogP contribution in [0, 0.1) is 18.3 Å². The Hall–Kier alpha value is -1.47. The number of nitriles is 1. The molecule has 0 aliphatic heterocycles. The zero-order valence-corrected chi connectivity index (χ0v) is 8.76. The highest BCUT2D eigenvalue weighted by molar-refractivity contribution is 7.80. The number of carbonyl (C=O) groups excluding carboxylic acids is 1. The fraction of sp³-hybridized carbons (Fsp3) is 0.200. The first kappa shape index (κ1) is 10.6. The van der Waals surface area contributed by atoms with Crippen molar-refractivity contribution in [1.29, 1.82) is 5.26 Å². The molecule has 0 bridgehead atoms. The van der Waals surface area contributed by atoms with Crippen LogP contribution in [0.3, 0.4) is 0 Å². The molecule has 1 rings (SSSR count). The highest BCUT2D eigenvalue weighted by Crippen LogP contribution is 2.22. The monoisotopic (exact) mass is 207 g/mol. The van der Waals surface area contributed by atoms with Gasteiger partial charge in [-0.15, -0.1) is 12.6 Å². The van der Waals surface area contributed by atoms with Crippen LogP contribution >= 0.6 is 12.6 Å². The molecular weight excluding hydrogens is 198 g/mol. The minimum absolute atomic E-state index is 0.356. The third kappa shape index (κ3) is 1.73. The van der Waals surface area contributed by atoms with E-state index in [2.05, 4.69) is 17.4 Å². The molecule has 0 aromatic heterocycles. The Labute approximate surface area is 87.7 Å². The number of esters is 1. The van der Waals surface area contributed by atoms with Crippen molar-refractivity contribution in [3.05, 3.63) is 28.8 Å². The second-order valence-electron chi connectivity index (χ2n) is 2.76. The molecule has 14 heavy (non-hydrogen) atoms. The highest BCUT2D eigenvalue weighted by Gasteiger charge is 2.15. The summed E-state index contributed by atoms with van der Waals surface area (Å²) in [7, 11) is 1.30. The van der Waals surface area contributed by atoms with Gasteiger partial charge in [-0.05, 0) is 18.6 Å². The van der Waals surface area contributed by atoms with E-state index in [0.717, 1.165) is 5.56 Å². The minimum Gasteiger partial charge on any atom is -0.465 e. The largest absolute Gasteiger partial charge is 0.465 e. The SMILES string of the molecule is COC(=O)c1c(C)ccc(C#N)c1S. The maximum atomic E-state index is 11.3. The Balaban J connectivity index is 3.42. The summed E-state index contributed by atoms with van der Waals surface area (Å²) in [5, 5.41) is 8.74. The normalized spacial score (nSPS) is 9.29. The van der Waals surface area contributed by atoms with Gasteiger partial charge >= 0.3 is 5.97 Å². The van der Waals surface area contributed by atoms with Crippen molar-refractivity contribution in [2.45, 2.75) is 11.8 Å². The number of carbonyl (C=O) groups is 1. The predicted molar refractivity (Wildman–Crippen MR) is 54.5 cm³/mol. The molecule has 0 atom stereocenters. The molecular formula is C10H9NO2S. The van der Waals surface area contributed by atoms with Gasteiger partial charge < -0.3 is 4.74 Å². The molecule has 0 fully saturated rings. The van der Waals surface area contributed by atoms with Gasteiger partial charge in [-0.3, -0.25) is 0 Å². The predicted octanol–water partition coefficient (Wildman–Crippen LogP) is 1.94. The smallest absolute Gasteiger partial charge is 0.339 e. The van der Waals surface area contributed by atoms with Crippen molar-refractivity contribution in [3.63, 3.8) is 0 Å². The third-order valence-electron chi connectivity index (χ3n) is 1.90. The lowest BCUT2D eigenvalue weighted by atomic mass is 10.1. The molecule has 0 saturated heterocycles. The number of ether oxygens (including phenoxy) is 1. The van der Waals surface area contributed by atoms with E-state index in [-0.39, 0.29) is 0 Å². The van der Waals surface area contributed by atoms with Crippen LogP contribution in [0.5, 0.6) is 0 Å². The maximum absolute atomic E-state index is 11.3. The fourth-order valence-electron chi connectivity index (χ4n) is 1.14. The second-order valence-corrected chi connectivity index (χ2v) is 3.20. The number of rotatable bonds is 1. The van der Waals surface area contributed by atoms with E-state index >= 15 is 0 Å². The summed E-state index contributed by atoms with van der Waals surface area (Å²) in [5.41, 5.74) is 1.48. The molecule has 4 heteroatoms. The summed E-state index contributed by atoms with van der Waals surface area (Å²) in [6.45, 7) is 1.77. The molecule has 1 aromatic carbocycles. The summed E-state index contributed by atoms with van der Waals surface area (Å²) in [6, 6.07) is 5.29. The number of hydrogen-bond donors (Lipinski definition) is 1. The summed E-state index contributed by atoms with van der Waals surface area (Å²) in [5.74, 6) is -0.468. The first-order chi connectivity index (χ1) is 6.61. The van der Waals surface area contributed by atoms with Crippen LogP contribution in [0.2, 0.25) is 0 Å². The van der Waals surface area contributed by atoms with E-state index in [9.17, 15) is 4.79 Å². The van der Waals surface area contributed by atoms with Gasteiger partial charge in [-0.25, -0.2) is 4.79 Å². The summed E-state index contributed by atoms with van der Waals surface area (Å²) >= 11 is 4.13. The third-order valence-corrected chi connectivity index (χ3v) is 2.36. The van der Waals surface area contributed by atoms with Crippen LogP contribution in [0.25, 0.3) is 0 Å². The van der Waals surface area contributed by atoms with E-state index < -0.39 is 5.97 Å². The number of aryl methyl sites for hydroxylation is 1. The van der Waals surface area contributed by atoms with Crippen LogP contribution < -0.4 is 0 Å². The average Bonchev–Trinajstić information content (AvgIpc) is 2.18. The molecule has 0 saturated carbocycles. The topological polar surface area (TPSA) is 50.1 Å². The Kier molecular flexibility index (Phi) is 3.15. The van der Waals surface area contributed by atoms with Gasteiger partial charge in [-0.2, -0.15) is 5.26 Å². The Bertz CT molecular complexity index is 421. The van der Waals surface area contributed by atoms with Crippen LogP contribution in [0.15, 0.2) is 17.0 Å². The molecule has 72 valence electrons. The van der Waals surface area contributed by atoms with E-state index in [1.54, 1.807) is 19.1 Å². The number of nitrogens with zero attached hydrogens (tertiary/aromatic N) is 1. The van der Waals surface area contributed by atoms with E-state index in [0.29, 0.717) is 16.0 Å². The number of methoxy groups -OCH3 is 1. The van der Waals surface area contributed by atoms with Crippen molar-refractivity contribution in [2.75, 3.05) is 7.11 Å². The van der Waals surface area contributed by atoms with E-state index in [1.807, 2.05) is 6.07 Å². The standard InChI is InChI=1S/C10H9NO2S/c1-6-3-4-7(5-11)9(14)8(6)10(12)13-2/h3-4,14H,1-2H3. The average molecular weight is 207 g/mol. The Morgan fingerprint density at radius 2 is 2.21 bits per heavy atom. The molecule has 0 radical (unpaired) electrons. The fourth-order valence-corrected chi connectivity index (χ4v) is 1.53. The van der Waals surface area contributed by atoms with Crippen molar-refractivity contribution in [3.8, 4) is 6.07 Å². The van der Waals surface area contributed by atoms with Crippen LogP contribution in [-0.2, 0) is 4.74 Å². The van der Waals surface area contributed by atoms with Crippen molar-refractivity contribution in [1.82, 2.24) is 0 Å². The second kappa shape index (κ2) is 4.16. The van der Waals surface area contributed by atoms with E-state index in [4.69, 9.17) is 5.26 Å². The van der Waals surface area contributed by atoms with Gasteiger partial charge in [0.1, 0.15) is 6.07 Å². The zero-order chi connectivity index (χ0) is 10.7. The maximum Gasteiger partial charge on any atom is 0.339 e. The zero-order valence-electron chi connectivity index (χ0n) is 7.87. The number of thiol groups is 1. The molecule has 0 aliphatic rings. The quantitative estimate of drug-likeness (QED) is 0.565. The lowest BCUT2D eigenvalue weighted by Crippen LogP contribution is -2.06. The Morgan fingerprint density at radius 3 is 2.71 bits per heavy atom. The summed E-state index contributed by atoms with van der Waals surface area (Å²) < 4.78 is 4.60. The van der Waals surface area contributed by atoms with Crippen LogP contribution in [0.4, 0.5) is 0 Å². The first-order valence-electron chi connectivity index (χ1n) is 3.92. The molecule has 0 aliphatic carbocycles. The molecule has 0 N–H and O–H groups in total. The van der Waals surface area contributed by atoms with Gasteiger partial charge in [-0.1, -0.05) is 6.07 Å². The van der Waals surface area contributed by atoms with Crippen molar-refractivity contribution >= 4 is 18.6 Å². The molecule has 0 unspecified atom stereocenters. The lowest BCUT2D eigenvalue weighted by Gasteiger charge is -2.07. The van der Waals surface area contributed by atoms with Crippen LogP contribution in [0.1, 0.15) is 21.5 Å².